The minimum Gasteiger partial charge on any atom is -0.408 e. The number of hydrogen-bond donors (Lipinski definition) is 1. The van der Waals surface area contributed by atoms with Gasteiger partial charge in [0.1, 0.15) is 0 Å². The van der Waals surface area contributed by atoms with Crippen molar-refractivity contribution in [3.8, 4) is 0 Å². The van der Waals surface area contributed by atoms with Crippen LogP contribution in [0.5, 0.6) is 0 Å². The van der Waals surface area contributed by atoms with Crippen molar-refractivity contribution in [3.63, 3.8) is 0 Å². The van der Waals surface area contributed by atoms with E-state index < -0.39 is 5.76 Å². The summed E-state index contributed by atoms with van der Waals surface area (Å²) in [7, 11) is 3.89. The van der Waals surface area contributed by atoms with E-state index in [1.165, 1.54) is 0 Å². The van der Waals surface area contributed by atoms with E-state index in [9.17, 15) is 4.79 Å². The van der Waals surface area contributed by atoms with Gasteiger partial charge in [-0.25, -0.2) is 4.79 Å². The molecule has 4 heteroatoms. The fourth-order valence-corrected chi connectivity index (χ4v) is 1.22. The Morgan fingerprint density at radius 1 is 1.38 bits per heavy atom. The Hall–Kier alpha value is -1.71. The molecule has 2 rings (SSSR count). The van der Waals surface area contributed by atoms with Gasteiger partial charge >= 0.3 is 5.76 Å². The number of nitrogens with zero attached hydrogens (tertiary/aromatic N) is 1. The summed E-state index contributed by atoms with van der Waals surface area (Å²) >= 11 is 0. The molecule has 1 aromatic heterocycles. The number of nitrogens with one attached hydrogen (secondary N) is 1. The second kappa shape index (κ2) is 2.65. The Bertz CT molecular complexity index is 482. The van der Waals surface area contributed by atoms with Crippen LogP contribution < -0.4 is 10.7 Å². The first-order valence-corrected chi connectivity index (χ1v) is 3.97. The van der Waals surface area contributed by atoms with E-state index in [1.54, 1.807) is 6.07 Å². The van der Waals surface area contributed by atoms with Crippen molar-refractivity contribution in [2.45, 2.75) is 0 Å². The summed E-state index contributed by atoms with van der Waals surface area (Å²) in [4.78, 5) is 15.4. The van der Waals surface area contributed by atoms with Crippen LogP contribution in [0.3, 0.4) is 0 Å². The van der Waals surface area contributed by atoms with Crippen LogP contribution in [0.1, 0.15) is 0 Å². The zero-order valence-corrected chi connectivity index (χ0v) is 7.50. The van der Waals surface area contributed by atoms with Crippen molar-refractivity contribution in [1.82, 2.24) is 4.98 Å². The Labute approximate surface area is 74.8 Å². The van der Waals surface area contributed by atoms with E-state index in [0.717, 1.165) is 11.2 Å². The second-order valence-corrected chi connectivity index (χ2v) is 3.09. The van der Waals surface area contributed by atoms with E-state index in [2.05, 4.69) is 4.98 Å². The first kappa shape index (κ1) is 7.91. The highest BCUT2D eigenvalue weighted by Crippen LogP contribution is 2.17. The van der Waals surface area contributed by atoms with Crippen LogP contribution in [0, 0.1) is 0 Å². The van der Waals surface area contributed by atoms with Gasteiger partial charge in [0.05, 0.1) is 5.52 Å². The molecule has 0 radical (unpaired) electrons. The van der Waals surface area contributed by atoms with Gasteiger partial charge in [0.2, 0.25) is 0 Å². The fourth-order valence-electron chi connectivity index (χ4n) is 1.22. The highest BCUT2D eigenvalue weighted by Gasteiger charge is 2.02. The molecule has 0 aliphatic heterocycles. The number of aromatic amines is 1. The van der Waals surface area contributed by atoms with Gasteiger partial charge in [-0.15, -0.1) is 0 Å². The number of rotatable bonds is 1. The summed E-state index contributed by atoms with van der Waals surface area (Å²) < 4.78 is 4.87. The van der Waals surface area contributed by atoms with Crippen LogP contribution in [0.15, 0.2) is 27.4 Å². The smallest absolute Gasteiger partial charge is 0.408 e. The van der Waals surface area contributed by atoms with Crippen LogP contribution in [-0.2, 0) is 0 Å². The third-order valence-electron chi connectivity index (χ3n) is 1.92. The molecule has 0 aliphatic rings. The number of fused-ring (bicyclic) bond motifs is 1. The zero-order chi connectivity index (χ0) is 9.42. The first-order chi connectivity index (χ1) is 6.16. The van der Waals surface area contributed by atoms with E-state index in [0.29, 0.717) is 5.58 Å². The molecule has 0 aliphatic carbocycles. The maximum Gasteiger partial charge on any atom is 0.417 e. The Kier molecular flexibility index (Phi) is 1.62. The molecule has 0 saturated carbocycles. The Morgan fingerprint density at radius 2 is 2.15 bits per heavy atom. The molecule has 1 aromatic carbocycles. The molecule has 0 saturated heterocycles. The van der Waals surface area contributed by atoms with Crippen molar-refractivity contribution < 1.29 is 4.42 Å². The molecular formula is C9H10N2O2. The average Bonchev–Trinajstić information content (AvgIpc) is 2.42. The van der Waals surface area contributed by atoms with Crippen molar-refractivity contribution in [2.24, 2.45) is 0 Å². The Balaban J connectivity index is 2.68. The van der Waals surface area contributed by atoms with E-state index in [-0.39, 0.29) is 0 Å². The lowest BCUT2D eigenvalue weighted by atomic mass is 10.3. The number of aromatic nitrogens is 1. The molecule has 4 nitrogen and oxygen atoms in total. The van der Waals surface area contributed by atoms with Gasteiger partial charge in [-0.2, -0.15) is 0 Å². The van der Waals surface area contributed by atoms with Crippen molar-refractivity contribution >= 4 is 16.8 Å². The standard InChI is InChI=1S/C9H10N2O2/c1-11(2)6-3-4-8-7(5-6)10-9(12)13-8/h3-5H,1-2H3,(H,10,12). The van der Waals surface area contributed by atoms with Crippen molar-refractivity contribution in [1.29, 1.82) is 0 Å². The summed E-state index contributed by atoms with van der Waals surface area (Å²) in [5.41, 5.74) is 2.36. The number of anilines is 1. The first-order valence-electron chi connectivity index (χ1n) is 3.97. The largest absolute Gasteiger partial charge is 0.417 e. The number of benzene rings is 1. The maximum absolute atomic E-state index is 10.8. The van der Waals surface area contributed by atoms with Gasteiger partial charge in [0.15, 0.2) is 5.58 Å². The van der Waals surface area contributed by atoms with Gasteiger partial charge in [-0.05, 0) is 18.2 Å². The molecule has 0 unspecified atom stereocenters. The molecule has 0 atom stereocenters. The zero-order valence-electron chi connectivity index (χ0n) is 7.50. The predicted molar refractivity (Wildman–Crippen MR) is 51.2 cm³/mol. The molecule has 13 heavy (non-hydrogen) atoms. The predicted octanol–water partition coefficient (Wildman–Crippen LogP) is 1.19. The monoisotopic (exact) mass is 178 g/mol. The third-order valence-corrected chi connectivity index (χ3v) is 1.92. The lowest BCUT2D eigenvalue weighted by Crippen LogP contribution is -2.07. The van der Waals surface area contributed by atoms with Crippen molar-refractivity contribution in [3.05, 3.63) is 28.7 Å². The quantitative estimate of drug-likeness (QED) is 0.713. The van der Waals surface area contributed by atoms with Crippen LogP contribution in [0.25, 0.3) is 11.1 Å². The van der Waals surface area contributed by atoms with Crippen LogP contribution in [0.4, 0.5) is 5.69 Å². The summed E-state index contributed by atoms with van der Waals surface area (Å²) in [6.45, 7) is 0. The van der Waals surface area contributed by atoms with Gasteiger partial charge < -0.3 is 9.32 Å². The number of H-pyrrole nitrogens is 1. The highest BCUT2D eigenvalue weighted by molar-refractivity contribution is 5.76. The molecule has 0 bridgehead atoms. The SMILES string of the molecule is CN(C)c1ccc2oc(=O)[nH]c2c1. The second-order valence-electron chi connectivity index (χ2n) is 3.09. The third kappa shape index (κ3) is 1.30. The molecule has 1 N–H and O–H groups in total. The van der Waals surface area contributed by atoms with Gasteiger partial charge in [-0.3, -0.25) is 4.98 Å². The molecule has 68 valence electrons. The van der Waals surface area contributed by atoms with E-state index >= 15 is 0 Å². The maximum atomic E-state index is 10.8. The van der Waals surface area contributed by atoms with E-state index in [4.69, 9.17) is 4.42 Å². The van der Waals surface area contributed by atoms with Gasteiger partial charge in [0, 0.05) is 19.8 Å². The van der Waals surface area contributed by atoms with E-state index in [1.807, 2.05) is 31.1 Å². The summed E-state index contributed by atoms with van der Waals surface area (Å²) in [6.07, 6.45) is 0. The molecule has 0 amide bonds. The summed E-state index contributed by atoms with van der Waals surface area (Å²) in [5.74, 6) is -0.411. The normalized spacial score (nSPS) is 10.6. The lowest BCUT2D eigenvalue weighted by molar-refractivity contribution is 0.555. The minimum absolute atomic E-state index is 0.411. The summed E-state index contributed by atoms with van der Waals surface area (Å²) in [6, 6.07) is 5.56. The Morgan fingerprint density at radius 3 is 2.85 bits per heavy atom. The van der Waals surface area contributed by atoms with Crippen LogP contribution in [-0.4, -0.2) is 19.1 Å². The molecule has 1 heterocycles. The molecular weight excluding hydrogens is 168 g/mol. The van der Waals surface area contributed by atoms with Crippen molar-refractivity contribution in [2.75, 3.05) is 19.0 Å². The highest BCUT2D eigenvalue weighted by atomic mass is 16.4. The average molecular weight is 178 g/mol. The fraction of sp³-hybridized carbons (Fsp3) is 0.222. The lowest BCUT2D eigenvalue weighted by Gasteiger charge is -2.10. The topological polar surface area (TPSA) is 49.2 Å². The molecule has 0 spiro atoms. The summed E-state index contributed by atoms with van der Waals surface area (Å²) in [5, 5.41) is 0. The van der Waals surface area contributed by atoms with Gasteiger partial charge in [-0.1, -0.05) is 0 Å². The van der Waals surface area contributed by atoms with Crippen LogP contribution in [0.2, 0.25) is 0 Å². The number of oxazole rings is 1. The molecule has 2 aromatic rings. The number of hydrogen-bond acceptors (Lipinski definition) is 3. The molecule has 0 fully saturated rings. The van der Waals surface area contributed by atoms with Gasteiger partial charge in [0.25, 0.3) is 0 Å². The van der Waals surface area contributed by atoms with Crippen LogP contribution >= 0.6 is 0 Å². The minimum atomic E-state index is -0.411.